The van der Waals surface area contributed by atoms with Crippen LogP contribution >= 0.6 is 36.6 Å². The van der Waals surface area contributed by atoms with Gasteiger partial charge in [0.15, 0.2) is 0 Å². The number of fused-ring (bicyclic) bond motifs is 2. The maximum atomic E-state index is 13.3. The van der Waals surface area contributed by atoms with Crippen LogP contribution in [-0.4, -0.2) is 82.6 Å². The SMILES string of the molecule is Cl.Cl.OCCN1CCN(CCCN2c3ccccc3Sc3ccc(C(F)(F)F)cc32)CC1.Oc1ccc(C=Cc2cc(O)cc(O)c2)cc1. The first-order valence-corrected chi connectivity index (χ1v) is 16.2. The molecule has 264 valence electrons. The summed E-state index contributed by atoms with van der Waals surface area (Å²) in [6.07, 6.45) is 0.116. The van der Waals surface area contributed by atoms with E-state index in [4.69, 9.17) is 10.2 Å². The molecule has 0 aromatic heterocycles. The van der Waals surface area contributed by atoms with Crippen LogP contribution in [0.25, 0.3) is 12.2 Å². The summed E-state index contributed by atoms with van der Waals surface area (Å²) in [5.74, 6) is 0.267. The molecule has 0 unspecified atom stereocenters. The van der Waals surface area contributed by atoms with Crippen molar-refractivity contribution in [3.8, 4) is 17.2 Å². The highest BCUT2D eigenvalue weighted by atomic mass is 35.5. The summed E-state index contributed by atoms with van der Waals surface area (Å²) in [7, 11) is 0. The van der Waals surface area contributed by atoms with Crippen LogP contribution < -0.4 is 4.90 Å². The number of hydrogen-bond donors (Lipinski definition) is 4. The third-order valence-electron chi connectivity index (χ3n) is 7.98. The molecule has 0 spiro atoms. The quantitative estimate of drug-likeness (QED) is 0.135. The number of phenols is 3. The number of benzene rings is 4. The Morgan fingerprint density at radius 3 is 1.86 bits per heavy atom. The van der Waals surface area contributed by atoms with Gasteiger partial charge in [-0.05, 0) is 78.7 Å². The van der Waals surface area contributed by atoms with Gasteiger partial charge in [0.05, 0.1) is 23.5 Å². The first-order chi connectivity index (χ1) is 22.6. The second kappa shape index (κ2) is 18.4. The number of alkyl halides is 3. The number of aliphatic hydroxyl groups excluding tert-OH is 1. The van der Waals surface area contributed by atoms with Gasteiger partial charge in [0.2, 0.25) is 0 Å². The van der Waals surface area contributed by atoms with E-state index in [1.807, 2.05) is 35.2 Å². The topological polar surface area (TPSA) is 90.6 Å². The molecule has 1 saturated heterocycles. The summed E-state index contributed by atoms with van der Waals surface area (Å²) in [5.41, 5.74) is 2.64. The summed E-state index contributed by atoms with van der Waals surface area (Å²) in [6, 6.07) is 23.1. The average molecular weight is 739 g/mol. The molecule has 0 amide bonds. The van der Waals surface area contributed by atoms with E-state index in [9.17, 15) is 23.4 Å². The average Bonchev–Trinajstić information content (AvgIpc) is 3.04. The van der Waals surface area contributed by atoms with Crippen molar-refractivity contribution in [3.63, 3.8) is 0 Å². The van der Waals surface area contributed by atoms with Crippen LogP contribution in [0.5, 0.6) is 17.2 Å². The maximum Gasteiger partial charge on any atom is 0.416 e. The number of aromatic hydroxyl groups is 3. The zero-order valence-electron chi connectivity index (χ0n) is 26.6. The lowest BCUT2D eigenvalue weighted by Gasteiger charge is -2.36. The van der Waals surface area contributed by atoms with E-state index in [2.05, 4.69) is 9.80 Å². The van der Waals surface area contributed by atoms with E-state index in [1.54, 1.807) is 48.5 Å². The molecule has 13 heteroatoms. The van der Waals surface area contributed by atoms with Crippen molar-refractivity contribution in [1.29, 1.82) is 0 Å². The molecule has 2 aliphatic rings. The van der Waals surface area contributed by atoms with E-state index in [-0.39, 0.29) is 48.7 Å². The van der Waals surface area contributed by atoms with Gasteiger partial charge >= 0.3 is 6.18 Å². The molecule has 7 nitrogen and oxygen atoms in total. The summed E-state index contributed by atoms with van der Waals surface area (Å²) in [5, 5.41) is 36.8. The van der Waals surface area contributed by atoms with E-state index in [1.165, 1.54) is 30.0 Å². The van der Waals surface area contributed by atoms with E-state index in [0.29, 0.717) is 24.3 Å². The first-order valence-electron chi connectivity index (χ1n) is 15.4. The van der Waals surface area contributed by atoms with Crippen molar-refractivity contribution >= 4 is 60.1 Å². The number of rotatable bonds is 8. The molecule has 0 aliphatic carbocycles. The fraction of sp³-hybridized carbons (Fsp3) is 0.278. The summed E-state index contributed by atoms with van der Waals surface area (Å²) in [6.45, 7) is 6.29. The number of nitrogens with zero attached hydrogens (tertiary/aromatic N) is 3. The minimum Gasteiger partial charge on any atom is -0.508 e. The molecule has 0 bridgehead atoms. The normalized spacial score (nSPS) is 14.6. The van der Waals surface area contributed by atoms with Crippen LogP contribution in [0.15, 0.2) is 94.7 Å². The molecule has 4 aromatic rings. The van der Waals surface area contributed by atoms with Gasteiger partial charge in [0.1, 0.15) is 17.2 Å². The number of hydrogen-bond acceptors (Lipinski definition) is 8. The Hall–Kier alpha value is -3.58. The fourth-order valence-electron chi connectivity index (χ4n) is 5.57. The van der Waals surface area contributed by atoms with Crippen molar-refractivity contribution in [2.75, 3.05) is 57.3 Å². The molecule has 1 fully saturated rings. The molecule has 2 aliphatic heterocycles. The second-order valence-corrected chi connectivity index (χ2v) is 12.5. The lowest BCUT2D eigenvalue weighted by Crippen LogP contribution is -2.47. The summed E-state index contributed by atoms with van der Waals surface area (Å²) in [4.78, 5) is 8.62. The highest BCUT2D eigenvalue weighted by Crippen LogP contribution is 2.49. The molecule has 4 aromatic carbocycles. The lowest BCUT2D eigenvalue weighted by molar-refractivity contribution is -0.137. The molecular formula is C36H40Cl2F3N3O4S. The van der Waals surface area contributed by atoms with E-state index in [0.717, 1.165) is 60.2 Å². The van der Waals surface area contributed by atoms with Gasteiger partial charge in [0.25, 0.3) is 0 Å². The highest BCUT2D eigenvalue weighted by Gasteiger charge is 2.33. The standard InChI is InChI=1S/C22H26F3N3OS.C14H12O3.2ClH/c23-22(24,25)17-6-7-21-19(16-17)28(18-4-1-2-5-20(18)30-21)9-3-8-26-10-12-27(13-11-26)14-15-29;15-12-5-3-10(4-6-12)1-2-11-7-13(16)9-14(17)8-11;;/h1-2,4-7,16,29H,3,8-15H2;1-9,15-17H;2*1H. The van der Waals surface area contributed by atoms with Gasteiger partial charge in [-0.1, -0.05) is 48.2 Å². The molecule has 49 heavy (non-hydrogen) atoms. The monoisotopic (exact) mass is 737 g/mol. The fourth-order valence-corrected chi connectivity index (χ4v) is 6.65. The minimum atomic E-state index is -4.35. The number of β-amino-alcohol motifs (C(OH)–C–C–N with tert-alkyl or cyclic N) is 1. The van der Waals surface area contributed by atoms with E-state index >= 15 is 0 Å². The summed E-state index contributed by atoms with van der Waals surface area (Å²) >= 11 is 1.53. The highest BCUT2D eigenvalue weighted by molar-refractivity contribution is 7.99. The first kappa shape index (κ1) is 39.9. The van der Waals surface area contributed by atoms with Gasteiger partial charge in [-0.2, -0.15) is 13.2 Å². The maximum absolute atomic E-state index is 13.3. The van der Waals surface area contributed by atoms with Gasteiger partial charge < -0.3 is 30.2 Å². The third-order valence-corrected chi connectivity index (χ3v) is 9.11. The Morgan fingerprint density at radius 1 is 0.633 bits per heavy atom. The Bertz CT molecular complexity index is 1650. The zero-order chi connectivity index (χ0) is 33.4. The van der Waals surface area contributed by atoms with Gasteiger partial charge in [-0.25, -0.2) is 0 Å². The third kappa shape index (κ3) is 11.2. The van der Waals surface area contributed by atoms with Crippen molar-refractivity contribution in [2.24, 2.45) is 0 Å². The smallest absolute Gasteiger partial charge is 0.416 e. The molecule has 4 N–H and O–H groups in total. The lowest BCUT2D eigenvalue weighted by atomic mass is 10.1. The van der Waals surface area contributed by atoms with Crippen molar-refractivity contribution in [3.05, 3.63) is 102 Å². The van der Waals surface area contributed by atoms with Crippen LogP contribution in [0.3, 0.4) is 0 Å². The molecule has 6 rings (SSSR count). The van der Waals surface area contributed by atoms with Crippen LogP contribution in [0, 0.1) is 0 Å². The van der Waals surface area contributed by atoms with Crippen LogP contribution in [-0.2, 0) is 6.18 Å². The Morgan fingerprint density at radius 2 is 1.22 bits per heavy atom. The number of aliphatic hydroxyl groups is 1. The molecule has 2 heterocycles. The van der Waals surface area contributed by atoms with Crippen molar-refractivity contribution < 1.29 is 33.6 Å². The number of anilines is 2. The molecule has 0 atom stereocenters. The molecular weight excluding hydrogens is 698 g/mol. The van der Waals surface area contributed by atoms with Crippen molar-refractivity contribution in [2.45, 2.75) is 22.4 Å². The Kier molecular flexibility index (Phi) is 15.0. The Balaban J connectivity index is 0.000000293. The second-order valence-electron chi connectivity index (χ2n) is 11.4. The van der Waals surface area contributed by atoms with Crippen LogP contribution in [0.4, 0.5) is 24.5 Å². The van der Waals surface area contributed by atoms with Gasteiger partial charge in [0, 0.05) is 55.1 Å². The van der Waals surface area contributed by atoms with Crippen LogP contribution in [0.1, 0.15) is 23.1 Å². The zero-order valence-corrected chi connectivity index (χ0v) is 29.0. The number of phenolic OH excluding ortho intramolecular Hbond substituents is 3. The predicted molar refractivity (Wildman–Crippen MR) is 195 cm³/mol. The molecule has 0 saturated carbocycles. The predicted octanol–water partition coefficient (Wildman–Crippen LogP) is 8.13. The number of piperazine rings is 1. The van der Waals surface area contributed by atoms with Crippen LogP contribution in [0.2, 0.25) is 0 Å². The largest absolute Gasteiger partial charge is 0.508 e. The molecule has 0 radical (unpaired) electrons. The van der Waals surface area contributed by atoms with Gasteiger partial charge in [-0.3, -0.25) is 4.90 Å². The van der Waals surface area contributed by atoms with E-state index < -0.39 is 11.7 Å². The minimum absolute atomic E-state index is 0. The Labute approximate surface area is 301 Å². The number of halogens is 5. The summed E-state index contributed by atoms with van der Waals surface area (Å²) < 4.78 is 39.9. The number of para-hydroxylation sites is 1. The van der Waals surface area contributed by atoms with Crippen molar-refractivity contribution in [1.82, 2.24) is 9.80 Å². The van der Waals surface area contributed by atoms with Gasteiger partial charge in [-0.15, -0.1) is 24.8 Å².